The Kier molecular flexibility index (Phi) is 8.31. The van der Waals surface area contributed by atoms with Gasteiger partial charge in [-0.05, 0) is 24.5 Å². The highest BCUT2D eigenvalue weighted by molar-refractivity contribution is 7.99. The Hall–Kier alpha value is -0.380. The van der Waals surface area contributed by atoms with Gasteiger partial charge in [-0.15, -0.1) is 0 Å². The Morgan fingerprint density at radius 3 is 2.89 bits per heavy atom. The SMILES string of the molecule is CCCCC(CC)CNC(=O)N1CCCSCC1. The summed E-state index contributed by atoms with van der Waals surface area (Å²) in [5.41, 5.74) is 0. The van der Waals surface area contributed by atoms with Gasteiger partial charge in [0.1, 0.15) is 0 Å². The standard InChI is InChI=1S/C14H28N2OS/c1-3-5-7-13(4-2)12-15-14(17)16-8-6-10-18-11-9-16/h13H,3-12H2,1-2H3,(H,15,17). The predicted octanol–water partition coefficient (Wildman–Crippen LogP) is 3.35. The number of rotatable bonds is 6. The second kappa shape index (κ2) is 9.54. The van der Waals surface area contributed by atoms with E-state index in [-0.39, 0.29) is 6.03 Å². The first-order chi connectivity index (χ1) is 8.77. The number of unbranched alkanes of at least 4 members (excludes halogenated alkanes) is 1. The van der Waals surface area contributed by atoms with Crippen molar-refractivity contribution in [3.8, 4) is 0 Å². The molecule has 4 heteroatoms. The van der Waals surface area contributed by atoms with Gasteiger partial charge in [0, 0.05) is 25.4 Å². The van der Waals surface area contributed by atoms with Gasteiger partial charge in [0.25, 0.3) is 0 Å². The Balaban J connectivity index is 2.25. The summed E-state index contributed by atoms with van der Waals surface area (Å²) in [7, 11) is 0. The lowest BCUT2D eigenvalue weighted by molar-refractivity contribution is 0.199. The quantitative estimate of drug-likeness (QED) is 0.804. The molecule has 1 fully saturated rings. The minimum atomic E-state index is 0.146. The zero-order valence-corrected chi connectivity index (χ0v) is 12.7. The Morgan fingerprint density at radius 2 is 2.17 bits per heavy atom. The topological polar surface area (TPSA) is 32.3 Å². The second-order valence-electron chi connectivity index (χ2n) is 5.06. The van der Waals surface area contributed by atoms with Gasteiger partial charge < -0.3 is 10.2 Å². The van der Waals surface area contributed by atoms with Crippen molar-refractivity contribution in [3.05, 3.63) is 0 Å². The monoisotopic (exact) mass is 272 g/mol. The molecule has 106 valence electrons. The molecule has 0 bridgehead atoms. The molecule has 0 aromatic carbocycles. The molecule has 1 unspecified atom stereocenters. The first-order valence-corrected chi connectivity index (χ1v) is 8.53. The number of nitrogens with one attached hydrogen (secondary N) is 1. The molecule has 1 rings (SSSR count). The number of urea groups is 1. The first kappa shape index (κ1) is 15.7. The fourth-order valence-electron chi connectivity index (χ4n) is 2.24. The number of carbonyl (C=O) groups is 1. The van der Waals surface area contributed by atoms with Crippen LogP contribution < -0.4 is 5.32 Å². The highest BCUT2D eigenvalue weighted by Crippen LogP contribution is 2.12. The molecule has 1 atom stereocenters. The molecule has 0 aromatic heterocycles. The van der Waals surface area contributed by atoms with Gasteiger partial charge >= 0.3 is 6.03 Å². The van der Waals surface area contributed by atoms with Gasteiger partial charge in [-0.1, -0.05) is 33.1 Å². The molecule has 1 N–H and O–H groups in total. The van der Waals surface area contributed by atoms with E-state index in [9.17, 15) is 4.79 Å². The van der Waals surface area contributed by atoms with Crippen LogP contribution in [0.4, 0.5) is 4.79 Å². The average Bonchev–Trinajstić information content (AvgIpc) is 2.67. The lowest BCUT2D eigenvalue weighted by Crippen LogP contribution is -2.42. The third kappa shape index (κ3) is 5.98. The van der Waals surface area contributed by atoms with Crippen LogP contribution in [0.3, 0.4) is 0 Å². The molecular weight excluding hydrogens is 244 g/mol. The van der Waals surface area contributed by atoms with Gasteiger partial charge in [-0.25, -0.2) is 4.79 Å². The van der Waals surface area contributed by atoms with Crippen molar-refractivity contribution < 1.29 is 4.79 Å². The third-order valence-electron chi connectivity index (χ3n) is 3.59. The summed E-state index contributed by atoms with van der Waals surface area (Å²) < 4.78 is 0. The first-order valence-electron chi connectivity index (χ1n) is 7.38. The maximum Gasteiger partial charge on any atom is 0.317 e. The molecule has 0 aromatic rings. The molecule has 1 aliphatic rings. The van der Waals surface area contributed by atoms with Crippen molar-refractivity contribution in [2.24, 2.45) is 5.92 Å². The minimum Gasteiger partial charge on any atom is -0.338 e. The fraction of sp³-hybridized carbons (Fsp3) is 0.929. The molecule has 1 saturated heterocycles. The maximum atomic E-state index is 12.1. The Labute approximate surface area is 116 Å². The van der Waals surface area contributed by atoms with Gasteiger partial charge in [0.15, 0.2) is 0 Å². The van der Waals surface area contributed by atoms with E-state index >= 15 is 0 Å². The van der Waals surface area contributed by atoms with Gasteiger partial charge in [-0.3, -0.25) is 0 Å². The summed E-state index contributed by atoms with van der Waals surface area (Å²) in [6, 6.07) is 0.146. The van der Waals surface area contributed by atoms with E-state index < -0.39 is 0 Å². The Bertz CT molecular complexity index is 228. The third-order valence-corrected chi connectivity index (χ3v) is 4.64. The van der Waals surface area contributed by atoms with Crippen molar-refractivity contribution in [2.45, 2.75) is 46.0 Å². The highest BCUT2D eigenvalue weighted by atomic mass is 32.2. The largest absolute Gasteiger partial charge is 0.338 e. The Morgan fingerprint density at radius 1 is 1.33 bits per heavy atom. The number of amides is 2. The number of nitrogens with zero attached hydrogens (tertiary/aromatic N) is 1. The summed E-state index contributed by atoms with van der Waals surface area (Å²) in [6.45, 7) is 7.11. The van der Waals surface area contributed by atoms with Crippen LogP contribution >= 0.6 is 11.8 Å². The van der Waals surface area contributed by atoms with E-state index in [4.69, 9.17) is 0 Å². The van der Waals surface area contributed by atoms with Crippen molar-refractivity contribution in [1.82, 2.24) is 10.2 Å². The molecule has 3 nitrogen and oxygen atoms in total. The van der Waals surface area contributed by atoms with Crippen LogP contribution in [0.1, 0.15) is 46.0 Å². The highest BCUT2D eigenvalue weighted by Gasteiger charge is 2.16. The molecule has 0 aliphatic carbocycles. The predicted molar refractivity (Wildman–Crippen MR) is 80.2 cm³/mol. The van der Waals surface area contributed by atoms with Crippen molar-refractivity contribution >= 4 is 17.8 Å². The van der Waals surface area contributed by atoms with E-state index in [1.54, 1.807) is 0 Å². The molecule has 0 saturated carbocycles. The molecule has 0 radical (unpaired) electrons. The van der Waals surface area contributed by atoms with Crippen LogP contribution in [-0.4, -0.2) is 42.1 Å². The zero-order chi connectivity index (χ0) is 13.2. The van der Waals surface area contributed by atoms with Crippen LogP contribution in [0, 0.1) is 5.92 Å². The maximum absolute atomic E-state index is 12.1. The molecule has 2 amide bonds. The summed E-state index contributed by atoms with van der Waals surface area (Å²) in [6.07, 6.45) is 6.05. The van der Waals surface area contributed by atoms with Crippen LogP contribution in [0.2, 0.25) is 0 Å². The summed E-state index contributed by atoms with van der Waals surface area (Å²) >= 11 is 1.96. The van der Waals surface area contributed by atoms with Crippen molar-refractivity contribution in [2.75, 3.05) is 31.1 Å². The summed E-state index contributed by atoms with van der Waals surface area (Å²) in [5.74, 6) is 2.92. The summed E-state index contributed by atoms with van der Waals surface area (Å²) in [4.78, 5) is 14.0. The smallest absolute Gasteiger partial charge is 0.317 e. The normalized spacial score (nSPS) is 18.2. The minimum absolute atomic E-state index is 0.146. The van der Waals surface area contributed by atoms with E-state index in [1.807, 2.05) is 16.7 Å². The van der Waals surface area contributed by atoms with Crippen LogP contribution in [-0.2, 0) is 0 Å². The van der Waals surface area contributed by atoms with E-state index in [0.717, 1.165) is 38.2 Å². The number of hydrogen-bond donors (Lipinski definition) is 1. The molecule has 0 spiro atoms. The second-order valence-corrected chi connectivity index (χ2v) is 6.28. The number of hydrogen-bond acceptors (Lipinski definition) is 2. The summed E-state index contributed by atoms with van der Waals surface area (Å²) in [5, 5.41) is 3.12. The lowest BCUT2D eigenvalue weighted by atomic mass is 9.99. The van der Waals surface area contributed by atoms with E-state index in [0.29, 0.717) is 5.92 Å². The average molecular weight is 272 g/mol. The van der Waals surface area contributed by atoms with E-state index in [2.05, 4.69) is 19.2 Å². The molecule has 1 aliphatic heterocycles. The molecular formula is C14H28N2OS. The number of carbonyl (C=O) groups excluding carboxylic acids is 1. The van der Waals surface area contributed by atoms with Crippen LogP contribution in [0.25, 0.3) is 0 Å². The van der Waals surface area contributed by atoms with Gasteiger partial charge in [0.05, 0.1) is 0 Å². The van der Waals surface area contributed by atoms with Gasteiger partial charge in [-0.2, -0.15) is 11.8 Å². The lowest BCUT2D eigenvalue weighted by Gasteiger charge is -2.22. The number of thioether (sulfide) groups is 1. The fourth-order valence-corrected chi connectivity index (χ4v) is 3.12. The zero-order valence-electron chi connectivity index (χ0n) is 11.9. The van der Waals surface area contributed by atoms with Crippen molar-refractivity contribution in [3.63, 3.8) is 0 Å². The molecule has 18 heavy (non-hydrogen) atoms. The van der Waals surface area contributed by atoms with Gasteiger partial charge in [0.2, 0.25) is 0 Å². The van der Waals surface area contributed by atoms with E-state index in [1.165, 1.54) is 25.0 Å². The van der Waals surface area contributed by atoms with Crippen LogP contribution in [0.15, 0.2) is 0 Å². The van der Waals surface area contributed by atoms with Crippen molar-refractivity contribution in [1.29, 1.82) is 0 Å². The molecule has 1 heterocycles. The van der Waals surface area contributed by atoms with Crippen LogP contribution in [0.5, 0.6) is 0 Å².